The van der Waals surface area contributed by atoms with E-state index in [1.165, 1.54) is 0 Å². The zero-order valence-corrected chi connectivity index (χ0v) is 22.9. The Bertz CT molecular complexity index is 1570. The summed E-state index contributed by atoms with van der Waals surface area (Å²) in [7, 11) is 0. The van der Waals surface area contributed by atoms with Crippen molar-refractivity contribution in [3.8, 4) is 22.4 Å². The number of amides is 2. The van der Waals surface area contributed by atoms with Crippen LogP contribution in [-0.4, -0.2) is 51.3 Å². The van der Waals surface area contributed by atoms with Crippen LogP contribution in [0, 0.1) is 5.41 Å². The van der Waals surface area contributed by atoms with Gasteiger partial charge < -0.3 is 15.1 Å². The Balaban J connectivity index is 1.21. The van der Waals surface area contributed by atoms with Gasteiger partial charge in [0.15, 0.2) is 0 Å². The second-order valence-corrected chi connectivity index (χ2v) is 10.8. The van der Waals surface area contributed by atoms with Crippen LogP contribution in [0.1, 0.15) is 26.2 Å². The third kappa shape index (κ3) is 5.02. The third-order valence-electron chi connectivity index (χ3n) is 7.96. The molecule has 0 unspecified atom stereocenters. The number of pyridine rings is 1. The minimum absolute atomic E-state index is 0.0663. The van der Waals surface area contributed by atoms with E-state index in [4.69, 9.17) is 16.6 Å². The fourth-order valence-electron chi connectivity index (χ4n) is 5.66. The van der Waals surface area contributed by atoms with Gasteiger partial charge in [-0.2, -0.15) is 0 Å². The Morgan fingerprint density at radius 1 is 0.900 bits per heavy atom. The van der Waals surface area contributed by atoms with Gasteiger partial charge in [0.25, 0.3) is 0 Å². The average Bonchev–Trinajstić information content (AvgIpc) is 3.30. The lowest BCUT2D eigenvalue weighted by molar-refractivity contribution is -0.136. The number of halogens is 1. The summed E-state index contributed by atoms with van der Waals surface area (Å²) >= 11 is 6.53. The molecule has 1 spiro atoms. The van der Waals surface area contributed by atoms with Crippen molar-refractivity contribution in [2.45, 2.75) is 26.2 Å². The van der Waals surface area contributed by atoms with Gasteiger partial charge in [-0.3, -0.25) is 14.6 Å². The fraction of sp³-hybridized carbons (Fsp3) is 0.258. The van der Waals surface area contributed by atoms with Crippen LogP contribution >= 0.6 is 11.6 Å². The molecule has 4 heterocycles. The van der Waals surface area contributed by atoms with Gasteiger partial charge in [-0.1, -0.05) is 60.1 Å². The summed E-state index contributed by atoms with van der Waals surface area (Å²) in [5.74, 6) is 0.555. The molecule has 2 aliphatic heterocycles. The minimum atomic E-state index is -0.405. The van der Waals surface area contributed by atoms with Gasteiger partial charge in [-0.25, -0.2) is 9.97 Å². The molecule has 2 aromatic carbocycles. The van der Waals surface area contributed by atoms with E-state index in [-0.39, 0.29) is 11.8 Å². The predicted octanol–water partition coefficient (Wildman–Crippen LogP) is 5.97. The van der Waals surface area contributed by atoms with E-state index in [0.29, 0.717) is 54.8 Å². The summed E-state index contributed by atoms with van der Waals surface area (Å²) in [6, 6.07) is 20.1. The first-order valence-corrected chi connectivity index (χ1v) is 13.8. The van der Waals surface area contributed by atoms with Crippen molar-refractivity contribution in [3.63, 3.8) is 0 Å². The first kappa shape index (κ1) is 26.0. The number of carbonyl (C=O) groups is 2. The predicted molar refractivity (Wildman–Crippen MR) is 156 cm³/mol. The normalized spacial score (nSPS) is 16.4. The van der Waals surface area contributed by atoms with Gasteiger partial charge >= 0.3 is 0 Å². The molecule has 9 heteroatoms. The number of likely N-dealkylation sites (tertiary alicyclic amines) is 1. The number of benzene rings is 2. The smallest absolute Gasteiger partial charge is 0.233 e. The second-order valence-electron chi connectivity index (χ2n) is 10.4. The number of nitrogens with zero attached hydrogens (tertiary/aromatic N) is 5. The number of hydrogen-bond donors (Lipinski definition) is 1. The SMILES string of the molecule is CC(=O)N1CCC2(CC1)CCN(c1cncc(Nc3ncc(Cl)c(-c4cccc(-c5ccccc5)c4)n3)c1)C2=O. The number of nitrogens with one attached hydrogen (secondary N) is 1. The van der Waals surface area contributed by atoms with Crippen LogP contribution < -0.4 is 10.2 Å². The minimum Gasteiger partial charge on any atom is -0.343 e. The Kier molecular flexibility index (Phi) is 6.94. The Morgan fingerprint density at radius 3 is 2.40 bits per heavy atom. The maximum Gasteiger partial charge on any atom is 0.233 e. The van der Waals surface area contributed by atoms with Crippen LogP contribution in [0.15, 0.2) is 79.3 Å². The lowest BCUT2D eigenvalue weighted by Gasteiger charge is -2.37. The van der Waals surface area contributed by atoms with Gasteiger partial charge in [0.1, 0.15) is 0 Å². The van der Waals surface area contributed by atoms with E-state index in [1.54, 1.807) is 25.5 Å². The molecule has 202 valence electrons. The number of piperidine rings is 1. The molecule has 0 aliphatic carbocycles. The maximum absolute atomic E-state index is 13.5. The first-order chi connectivity index (χ1) is 19.4. The highest BCUT2D eigenvalue weighted by atomic mass is 35.5. The molecule has 0 saturated carbocycles. The average molecular weight is 553 g/mol. The highest BCUT2D eigenvalue weighted by Gasteiger charge is 2.48. The molecule has 2 aliphatic rings. The van der Waals surface area contributed by atoms with Gasteiger partial charge in [0, 0.05) is 32.1 Å². The van der Waals surface area contributed by atoms with Crippen LogP contribution in [0.3, 0.4) is 0 Å². The second kappa shape index (κ2) is 10.7. The zero-order valence-electron chi connectivity index (χ0n) is 22.2. The number of carbonyl (C=O) groups excluding carboxylic acids is 2. The fourth-order valence-corrected chi connectivity index (χ4v) is 5.86. The molecule has 0 bridgehead atoms. The number of rotatable bonds is 5. The molecule has 2 aromatic heterocycles. The molecule has 0 atom stereocenters. The summed E-state index contributed by atoms with van der Waals surface area (Å²) < 4.78 is 0. The Hall–Kier alpha value is -4.30. The molecule has 2 amide bonds. The lowest BCUT2D eigenvalue weighted by Crippen LogP contribution is -2.46. The number of anilines is 3. The van der Waals surface area contributed by atoms with E-state index in [9.17, 15) is 9.59 Å². The van der Waals surface area contributed by atoms with Gasteiger partial charge in [0.2, 0.25) is 17.8 Å². The molecular formula is C31H29ClN6O2. The van der Waals surface area contributed by atoms with E-state index >= 15 is 0 Å². The van der Waals surface area contributed by atoms with Crippen LogP contribution in [-0.2, 0) is 9.59 Å². The summed E-state index contributed by atoms with van der Waals surface area (Å²) in [4.78, 5) is 42.4. The van der Waals surface area contributed by atoms with E-state index in [1.807, 2.05) is 46.2 Å². The van der Waals surface area contributed by atoms with Crippen LogP contribution in [0.4, 0.5) is 17.3 Å². The Morgan fingerprint density at radius 2 is 1.62 bits per heavy atom. The number of hydrogen-bond acceptors (Lipinski definition) is 6. The van der Waals surface area contributed by atoms with Gasteiger partial charge in [0.05, 0.1) is 46.1 Å². The topological polar surface area (TPSA) is 91.3 Å². The molecule has 40 heavy (non-hydrogen) atoms. The molecule has 6 rings (SSSR count). The summed E-state index contributed by atoms with van der Waals surface area (Å²) in [5.41, 5.74) is 4.67. The summed E-state index contributed by atoms with van der Waals surface area (Å²) in [5, 5.41) is 3.68. The van der Waals surface area contributed by atoms with Crippen molar-refractivity contribution in [1.82, 2.24) is 19.9 Å². The van der Waals surface area contributed by atoms with Gasteiger partial charge in [-0.05, 0) is 42.5 Å². The van der Waals surface area contributed by atoms with Crippen molar-refractivity contribution >= 4 is 40.7 Å². The molecular weight excluding hydrogens is 524 g/mol. The van der Waals surface area contributed by atoms with Crippen LogP contribution in [0.5, 0.6) is 0 Å². The van der Waals surface area contributed by atoms with Crippen molar-refractivity contribution < 1.29 is 9.59 Å². The zero-order chi connectivity index (χ0) is 27.7. The van der Waals surface area contributed by atoms with Crippen LogP contribution in [0.25, 0.3) is 22.4 Å². The van der Waals surface area contributed by atoms with Crippen LogP contribution in [0.2, 0.25) is 5.02 Å². The van der Waals surface area contributed by atoms with E-state index in [2.05, 4.69) is 39.6 Å². The van der Waals surface area contributed by atoms with E-state index in [0.717, 1.165) is 28.8 Å². The standard InChI is InChI=1S/C31H29ClN6O2/c1-21(39)37-13-10-31(11-14-37)12-15-38(29(31)40)26-17-25(18-33-19-26)35-30-34-20-27(32)28(36-30)24-9-5-8-23(16-24)22-6-3-2-4-7-22/h2-9,16-20H,10-15H2,1H3,(H,34,35,36). The largest absolute Gasteiger partial charge is 0.343 e. The summed E-state index contributed by atoms with van der Waals surface area (Å²) in [6.45, 7) is 3.46. The third-order valence-corrected chi connectivity index (χ3v) is 8.23. The maximum atomic E-state index is 13.5. The van der Waals surface area contributed by atoms with Crippen molar-refractivity contribution in [1.29, 1.82) is 0 Å². The van der Waals surface area contributed by atoms with Crippen molar-refractivity contribution in [3.05, 3.63) is 84.3 Å². The highest BCUT2D eigenvalue weighted by Crippen LogP contribution is 2.43. The monoisotopic (exact) mass is 552 g/mol. The molecule has 2 fully saturated rings. The highest BCUT2D eigenvalue weighted by molar-refractivity contribution is 6.33. The van der Waals surface area contributed by atoms with Crippen molar-refractivity contribution in [2.24, 2.45) is 5.41 Å². The first-order valence-electron chi connectivity index (χ1n) is 13.4. The molecule has 0 radical (unpaired) electrons. The quantitative estimate of drug-likeness (QED) is 0.328. The van der Waals surface area contributed by atoms with Crippen molar-refractivity contribution in [2.75, 3.05) is 29.9 Å². The molecule has 2 saturated heterocycles. The molecule has 4 aromatic rings. The summed E-state index contributed by atoms with van der Waals surface area (Å²) in [6.07, 6.45) is 7.13. The Labute approximate surface area is 238 Å². The van der Waals surface area contributed by atoms with Gasteiger partial charge in [-0.15, -0.1) is 0 Å². The number of aromatic nitrogens is 3. The molecule has 8 nitrogen and oxygen atoms in total. The lowest BCUT2D eigenvalue weighted by atomic mass is 9.77. The molecule has 1 N–H and O–H groups in total. The van der Waals surface area contributed by atoms with E-state index < -0.39 is 5.41 Å².